The Morgan fingerprint density at radius 1 is 1.40 bits per heavy atom. The third kappa shape index (κ3) is 2.67. The van der Waals surface area contributed by atoms with Gasteiger partial charge in [0.15, 0.2) is 0 Å². The molecule has 1 aliphatic carbocycles. The van der Waals surface area contributed by atoms with Crippen molar-refractivity contribution in [1.82, 2.24) is 4.31 Å². The molecule has 0 spiro atoms. The van der Waals surface area contributed by atoms with E-state index in [1.807, 2.05) is 13.8 Å². The third-order valence-electron chi connectivity index (χ3n) is 5.44. The van der Waals surface area contributed by atoms with E-state index < -0.39 is 26.7 Å². The van der Waals surface area contributed by atoms with Gasteiger partial charge in [0.25, 0.3) is 0 Å². The largest absolute Gasteiger partial charge is 0.465 e. The first-order chi connectivity index (χ1) is 11.6. The van der Waals surface area contributed by atoms with Crippen molar-refractivity contribution in [2.45, 2.75) is 37.3 Å². The maximum absolute atomic E-state index is 14.3. The highest BCUT2D eigenvalue weighted by Gasteiger charge is 2.62. The summed E-state index contributed by atoms with van der Waals surface area (Å²) in [6.45, 7) is 4.52. The van der Waals surface area contributed by atoms with Crippen LogP contribution in [0.5, 0.6) is 0 Å². The molecule has 0 aromatic heterocycles. The van der Waals surface area contributed by atoms with Gasteiger partial charge in [0, 0.05) is 31.0 Å². The average molecular weight is 371 g/mol. The Kier molecular flexibility index (Phi) is 4.41. The van der Waals surface area contributed by atoms with Gasteiger partial charge in [0.1, 0.15) is 10.7 Å². The van der Waals surface area contributed by atoms with Crippen molar-refractivity contribution in [3.8, 4) is 0 Å². The van der Waals surface area contributed by atoms with Gasteiger partial charge < -0.3 is 9.47 Å². The third-order valence-corrected chi connectivity index (χ3v) is 7.29. The zero-order valence-electron chi connectivity index (χ0n) is 14.7. The zero-order valence-corrected chi connectivity index (χ0v) is 15.5. The van der Waals surface area contributed by atoms with Crippen LogP contribution in [0.2, 0.25) is 0 Å². The maximum atomic E-state index is 14.3. The van der Waals surface area contributed by atoms with Gasteiger partial charge in [-0.25, -0.2) is 17.6 Å². The number of carbonyl (C=O) groups is 1. The first-order valence-corrected chi connectivity index (χ1v) is 9.54. The number of halogens is 1. The number of methoxy groups -OCH3 is 1. The van der Waals surface area contributed by atoms with Gasteiger partial charge in [-0.1, -0.05) is 13.8 Å². The molecule has 1 heterocycles. The summed E-state index contributed by atoms with van der Waals surface area (Å²) < 4.78 is 51.8. The van der Waals surface area contributed by atoms with Crippen molar-refractivity contribution >= 4 is 16.0 Å². The Morgan fingerprint density at radius 2 is 2.08 bits per heavy atom. The lowest BCUT2D eigenvalue weighted by atomic mass is 9.57. The average Bonchev–Trinajstić information content (AvgIpc) is 3.00. The summed E-state index contributed by atoms with van der Waals surface area (Å²) in [7, 11) is -1.47. The first-order valence-electron chi connectivity index (χ1n) is 8.10. The smallest absolute Gasteiger partial charge is 0.337 e. The summed E-state index contributed by atoms with van der Waals surface area (Å²) in [4.78, 5) is 11.1. The second-order valence-corrected chi connectivity index (χ2v) is 9.13. The van der Waals surface area contributed by atoms with Crippen LogP contribution in [0.4, 0.5) is 4.39 Å². The molecule has 0 unspecified atom stereocenters. The van der Waals surface area contributed by atoms with Crippen LogP contribution in [0.3, 0.4) is 0 Å². The van der Waals surface area contributed by atoms with Crippen LogP contribution >= 0.6 is 0 Å². The summed E-state index contributed by atoms with van der Waals surface area (Å²) >= 11 is 0. The van der Waals surface area contributed by atoms with E-state index in [0.717, 1.165) is 18.6 Å². The summed E-state index contributed by atoms with van der Waals surface area (Å²) in [5.41, 5.74) is -0.370. The standard InChI is InChI=1S/C17H22FNO5S/c1-17(2)14(11-7-8-24-15(11)17)19(3)25(21,22)13-9-10(16(20)23-4)5-6-12(13)18/h5-6,9,11,14-15H,7-8H2,1-4H3/t11-,14+,15-/m0/s1. The second-order valence-electron chi connectivity index (χ2n) is 7.17. The molecule has 1 aromatic rings. The second kappa shape index (κ2) is 6.03. The van der Waals surface area contributed by atoms with Crippen molar-refractivity contribution < 1.29 is 27.1 Å². The Balaban J connectivity index is 1.98. The molecule has 1 saturated heterocycles. The van der Waals surface area contributed by atoms with Crippen molar-refractivity contribution in [2.24, 2.45) is 11.3 Å². The van der Waals surface area contributed by atoms with Gasteiger partial charge >= 0.3 is 5.97 Å². The summed E-state index contributed by atoms with van der Waals surface area (Å²) in [6.07, 6.45) is 0.796. The normalized spacial score (nSPS) is 27.7. The molecule has 0 amide bonds. The van der Waals surface area contributed by atoms with E-state index in [0.29, 0.717) is 6.61 Å². The molecule has 3 atom stereocenters. The van der Waals surface area contributed by atoms with Gasteiger partial charge in [0.2, 0.25) is 10.0 Å². The van der Waals surface area contributed by atoms with Crippen molar-refractivity contribution in [2.75, 3.05) is 20.8 Å². The molecule has 0 bridgehead atoms. The fourth-order valence-electron chi connectivity index (χ4n) is 4.29. The highest BCUT2D eigenvalue weighted by Crippen LogP contribution is 2.55. The Bertz CT molecular complexity index is 807. The number of nitrogens with zero attached hydrogens (tertiary/aromatic N) is 1. The molecular weight excluding hydrogens is 349 g/mol. The maximum Gasteiger partial charge on any atom is 0.337 e. The molecule has 1 aromatic carbocycles. The number of esters is 1. The van der Waals surface area contributed by atoms with E-state index in [2.05, 4.69) is 4.74 Å². The van der Waals surface area contributed by atoms with Crippen LogP contribution in [-0.4, -0.2) is 51.6 Å². The molecule has 0 radical (unpaired) electrons. The molecule has 2 fully saturated rings. The summed E-state index contributed by atoms with van der Waals surface area (Å²) in [5.74, 6) is -1.51. The van der Waals surface area contributed by atoms with Crippen molar-refractivity contribution in [1.29, 1.82) is 0 Å². The molecule has 2 aliphatic rings. The number of hydrogen-bond donors (Lipinski definition) is 0. The number of benzene rings is 1. The molecule has 8 heteroatoms. The van der Waals surface area contributed by atoms with Crippen LogP contribution in [0.1, 0.15) is 30.6 Å². The lowest BCUT2D eigenvalue weighted by molar-refractivity contribution is -0.131. The number of sulfonamides is 1. The Morgan fingerprint density at radius 3 is 2.72 bits per heavy atom. The van der Waals surface area contributed by atoms with E-state index in [-0.39, 0.29) is 29.0 Å². The van der Waals surface area contributed by atoms with Gasteiger partial charge in [0.05, 0.1) is 18.8 Å². The van der Waals surface area contributed by atoms with Crippen LogP contribution in [0.25, 0.3) is 0 Å². The van der Waals surface area contributed by atoms with Gasteiger partial charge in [-0.3, -0.25) is 0 Å². The molecule has 3 rings (SSSR count). The van der Waals surface area contributed by atoms with Crippen LogP contribution < -0.4 is 0 Å². The molecule has 6 nitrogen and oxygen atoms in total. The van der Waals surface area contributed by atoms with E-state index in [4.69, 9.17) is 4.74 Å². The fraction of sp³-hybridized carbons (Fsp3) is 0.588. The predicted octanol–water partition coefficient (Wildman–Crippen LogP) is 2.05. The van der Waals surface area contributed by atoms with Crippen LogP contribution in [0, 0.1) is 17.2 Å². The fourth-order valence-corrected chi connectivity index (χ4v) is 5.91. The predicted molar refractivity (Wildman–Crippen MR) is 88.1 cm³/mol. The van der Waals surface area contributed by atoms with E-state index in [1.165, 1.54) is 24.5 Å². The molecule has 1 saturated carbocycles. The number of hydrogen-bond acceptors (Lipinski definition) is 5. The highest BCUT2D eigenvalue weighted by atomic mass is 32.2. The lowest BCUT2D eigenvalue weighted by Gasteiger charge is -2.57. The van der Waals surface area contributed by atoms with Crippen LogP contribution in [0.15, 0.2) is 23.1 Å². The zero-order chi connectivity index (χ0) is 18.6. The SMILES string of the molecule is COC(=O)c1ccc(F)c(S(=O)(=O)N(C)[C@@H]2[C@@H]3CCO[C@@H]3C2(C)C)c1. The Labute approximate surface area is 147 Å². The molecule has 138 valence electrons. The summed E-state index contributed by atoms with van der Waals surface area (Å²) in [6, 6.07) is 2.92. The molecule has 1 aliphatic heterocycles. The molecular formula is C17H22FNO5S. The van der Waals surface area contributed by atoms with Gasteiger partial charge in [-0.05, 0) is 24.6 Å². The van der Waals surface area contributed by atoms with Crippen molar-refractivity contribution in [3.63, 3.8) is 0 Å². The van der Waals surface area contributed by atoms with Gasteiger partial charge in [-0.15, -0.1) is 0 Å². The minimum Gasteiger partial charge on any atom is -0.465 e. The summed E-state index contributed by atoms with van der Waals surface area (Å²) in [5, 5.41) is 0. The monoisotopic (exact) mass is 371 g/mol. The topological polar surface area (TPSA) is 72.9 Å². The first kappa shape index (κ1) is 18.3. The quantitative estimate of drug-likeness (QED) is 0.758. The lowest BCUT2D eigenvalue weighted by Crippen LogP contribution is -2.66. The van der Waals surface area contributed by atoms with Crippen LogP contribution in [-0.2, 0) is 19.5 Å². The number of rotatable bonds is 4. The minimum atomic E-state index is -4.11. The van der Waals surface area contributed by atoms with Crippen molar-refractivity contribution in [3.05, 3.63) is 29.6 Å². The Hall–Kier alpha value is -1.51. The van der Waals surface area contributed by atoms with E-state index >= 15 is 0 Å². The number of fused-ring (bicyclic) bond motifs is 1. The minimum absolute atomic E-state index is 0.00850. The van der Waals surface area contributed by atoms with Gasteiger partial charge in [-0.2, -0.15) is 4.31 Å². The van der Waals surface area contributed by atoms with E-state index in [9.17, 15) is 17.6 Å². The number of ether oxygens (including phenoxy) is 2. The van der Waals surface area contributed by atoms with E-state index in [1.54, 1.807) is 0 Å². The highest BCUT2D eigenvalue weighted by molar-refractivity contribution is 7.89. The molecule has 0 N–H and O–H groups in total. The molecule has 25 heavy (non-hydrogen) atoms. The number of carbonyl (C=O) groups excluding carboxylic acids is 1.